The number of nitrogens with one attached hydrogen (secondary N) is 1. The van der Waals surface area contributed by atoms with E-state index in [1.54, 1.807) is 42.5 Å². The van der Waals surface area contributed by atoms with E-state index in [-0.39, 0.29) is 5.91 Å². The van der Waals surface area contributed by atoms with E-state index in [0.717, 1.165) is 6.42 Å². The number of amides is 1. The molecule has 0 aliphatic rings. The topological polar surface area (TPSA) is 64.6 Å². The quantitative estimate of drug-likeness (QED) is 0.829. The number of anilines is 1. The number of rotatable bonds is 6. The predicted octanol–water partition coefficient (Wildman–Crippen LogP) is 3.51. The van der Waals surface area contributed by atoms with Gasteiger partial charge in [0.15, 0.2) is 0 Å². The van der Waals surface area contributed by atoms with Gasteiger partial charge in [-0.1, -0.05) is 13.0 Å². The van der Waals surface area contributed by atoms with Gasteiger partial charge >= 0.3 is 5.97 Å². The summed E-state index contributed by atoms with van der Waals surface area (Å²) in [6.07, 6.45) is 0.906. The standard InChI is InChI=1S/C18H19NO4/c1-3-11-23-16-6-4-5-14(12-16)17(20)19-15-9-7-13(8-10-15)18(21)22-2/h4-10,12H,3,11H2,1-2H3,(H,19,20). The lowest BCUT2D eigenvalue weighted by molar-refractivity contribution is 0.0600. The van der Waals surface area contributed by atoms with Crippen molar-refractivity contribution in [3.05, 3.63) is 59.7 Å². The highest BCUT2D eigenvalue weighted by atomic mass is 16.5. The van der Waals surface area contributed by atoms with Crippen LogP contribution in [0.4, 0.5) is 5.69 Å². The SMILES string of the molecule is CCCOc1cccc(C(=O)Nc2ccc(C(=O)OC)cc2)c1. The summed E-state index contributed by atoms with van der Waals surface area (Å²) < 4.78 is 10.2. The third-order valence-electron chi connectivity index (χ3n) is 3.13. The first-order valence-electron chi connectivity index (χ1n) is 7.36. The number of carbonyl (C=O) groups excluding carboxylic acids is 2. The van der Waals surface area contributed by atoms with Crippen LogP contribution in [0.25, 0.3) is 0 Å². The molecule has 1 amide bonds. The maximum Gasteiger partial charge on any atom is 0.337 e. The van der Waals surface area contributed by atoms with Crippen LogP contribution in [0.3, 0.4) is 0 Å². The normalized spacial score (nSPS) is 10.0. The number of methoxy groups -OCH3 is 1. The Morgan fingerprint density at radius 3 is 2.43 bits per heavy atom. The van der Waals surface area contributed by atoms with Crippen LogP contribution in [0.5, 0.6) is 5.75 Å². The zero-order chi connectivity index (χ0) is 16.7. The molecule has 0 fully saturated rings. The van der Waals surface area contributed by atoms with Crippen LogP contribution in [-0.2, 0) is 4.74 Å². The van der Waals surface area contributed by atoms with E-state index in [2.05, 4.69) is 10.1 Å². The van der Waals surface area contributed by atoms with Crippen molar-refractivity contribution in [2.75, 3.05) is 19.0 Å². The first-order chi connectivity index (χ1) is 11.1. The lowest BCUT2D eigenvalue weighted by atomic mass is 10.1. The molecule has 0 saturated heterocycles. The Kier molecular flexibility index (Phi) is 5.74. The van der Waals surface area contributed by atoms with Crippen molar-refractivity contribution in [1.82, 2.24) is 0 Å². The third-order valence-corrected chi connectivity index (χ3v) is 3.13. The van der Waals surface area contributed by atoms with Crippen molar-refractivity contribution in [3.63, 3.8) is 0 Å². The van der Waals surface area contributed by atoms with Gasteiger partial charge in [-0.3, -0.25) is 4.79 Å². The summed E-state index contributed by atoms with van der Waals surface area (Å²) in [4.78, 5) is 23.6. The summed E-state index contributed by atoms with van der Waals surface area (Å²) in [7, 11) is 1.33. The molecule has 0 aliphatic carbocycles. The van der Waals surface area contributed by atoms with Gasteiger partial charge in [0.2, 0.25) is 0 Å². The summed E-state index contributed by atoms with van der Waals surface area (Å²) >= 11 is 0. The molecule has 5 heteroatoms. The Labute approximate surface area is 135 Å². The van der Waals surface area contributed by atoms with Gasteiger partial charge in [-0.25, -0.2) is 4.79 Å². The van der Waals surface area contributed by atoms with E-state index in [1.807, 2.05) is 13.0 Å². The maximum absolute atomic E-state index is 12.3. The average Bonchev–Trinajstić information content (AvgIpc) is 2.60. The minimum absolute atomic E-state index is 0.238. The van der Waals surface area contributed by atoms with Gasteiger partial charge in [-0.05, 0) is 48.9 Å². The summed E-state index contributed by atoms with van der Waals surface area (Å²) in [5, 5.41) is 2.78. The fourth-order valence-corrected chi connectivity index (χ4v) is 1.96. The molecular formula is C18H19NO4. The van der Waals surface area contributed by atoms with E-state index in [9.17, 15) is 9.59 Å². The van der Waals surface area contributed by atoms with Gasteiger partial charge in [0.25, 0.3) is 5.91 Å². The second-order valence-corrected chi connectivity index (χ2v) is 4.90. The van der Waals surface area contributed by atoms with Crippen LogP contribution in [0.15, 0.2) is 48.5 Å². The molecule has 0 aliphatic heterocycles. The van der Waals surface area contributed by atoms with E-state index >= 15 is 0 Å². The van der Waals surface area contributed by atoms with Gasteiger partial charge < -0.3 is 14.8 Å². The van der Waals surface area contributed by atoms with Crippen LogP contribution in [0.2, 0.25) is 0 Å². The minimum atomic E-state index is -0.413. The van der Waals surface area contributed by atoms with Crippen molar-refractivity contribution in [2.24, 2.45) is 0 Å². The van der Waals surface area contributed by atoms with Crippen LogP contribution in [-0.4, -0.2) is 25.6 Å². The number of carbonyl (C=O) groups is 2. The van der Waals surface area contributed by atoms with Gasteiger partial charge in [0, 0.05) is 11.3 Å². The number of ether oxygens (including phenoxy) is 2. The molecule has 0 aromatic heterocycles. The molecule has 0 heterocycles. The molecule has 0 unspecified atom stereocenters. The highest BCUT2D eigenvalue weighted by Gasteiger charge is 2.09. The second kappa shape index (κ2) is 7.98. The highest BCUT2D eigenvalue weighted by molar-refractivity contribution is 6.04. The van der Waals surface area contributed by atoms with E-state index in [4.69, 9.17) is 4.74 Å². The number of esters is 1. The predicted molar refractivity (Wildman–Crippen MR) is 88.0 cm³/mol. The van der Waals surface area contributed by atoms with Crippen molar-refractivity contribution in [1.29, 1.82) is 0 Å². The van der Waals surface area contributed by atoms with Crippen LogP contribution >= 0.6 is 0 Å². The Balaban J connectivity index is 2.05. The largest absolute Gasteiger partial charge is 0.494 e. The van der Waals surface area contributed by atoms with E-state index in [1.165, 1.54) is 7.11 Å². The van der Waals surface area contributed by atoms with Gasteiger partial charge in [0.1, 0.15) is 5.75 Å². The molecule has 0 spiro atoms. The average molecular weight is 313 g/mol. The number of benzene rings is 2. The summed E-state index contributed by atoms with van der Waals surface area (Å²) in [5.41, 5.74) is 1.54. The monoisotopic (exact) mass is 313 g/mol. The lowest BCUT2D eigenvalue weighted by Gasteiger charge is -2.08. The molecule has 0 saturated carbocycles. The van der Waals surface area contributed by atoms with Gasteiger partial charge in [-0.2, -0.15) is 0 Å². The van der Waals surface area contributed by atoms with Crippen LogP contribution < -0.4 is 10.1 Å². The van der Waals surface area contributed by atoms with E-state index < -0.39 is 5.97 Å². The van der Waals surface area contributed by atoms with Crippen molar-refractivity contribution < 1.29 is 19.1 Å². The highest BCUT2D eigenvalue weighted by Crippen LogP contribution is 2.16. The second-order valence-electron chi connectivity index (χ2n) is 4.90. The number of hydrogen-bond donors (Lipinski definition) is 1. The fraction of sp³-hybridized carbons (Fsp3) is 0.222. The van der Waals surface area contributed by atoms with Crippen molar-refractivity contribution in [3.8, 4) is 5.75 Å². The number of hydrogen-bond acceptors (Lipinski definition) is 4. The zero-order valence-electron chi connectivity index (χ0n) is 13.2. The first-order valence-corrected chi connectivity index (χ1v) is 7.36. The third kappa shape index (κ3) is 4.57. The zero-order valence-corrected chi connectivity index (χ0v) is 13.2. The minimum Gasteiger partial charge on any atom is -0.494 e. The first kappa shape index (κ1) is 16.5. The Morgan fingerprint density at radius 2 is 1.78 bits per heavy atom. The Hall–Kier alpha value is -2.82. The molecule has 0 radical (unpaired) electrons. The van der Waals surface area contributed by atoms with Gasteiger partial charge in [-0.15, -0.1) is 0 Å². The molecule has 1 N–H and O–H groups in total. The van der Waals surface area contributed by atoms with Crippen LogP contribution in [0.1, 0.15) is 34.1 Å². The molecule has 23 heavy (non-hydrogen) atoms. The Morgan fingerprint density at radius 1 is 1.04 bits per heavy atom. The van der Waals surface area contributed by atoms with Crippen LogP contribution in [0, 0.1) is 0 Å². The lowest BCUT2D eigenvalue weighted by Crippen LogP contribution is -2.12. The summed E-state index contributed by atoms with van der Waals surface area (Å²) in [5.74, 6) is 0.0157. The molecule has 0 bridgehead atoms. The summed E-state index contributed by atoms with van der Waals surface area (Å²) in [6.45, 7) is 2.63. The Bertz CT molecular complexity index is 680. The molecule has 5 nitrogen and oxygen atoms in total. The molecule has 2 rings (SSSR count). The molecule has 2 aromatic rings. The summed E-state index contributed by atoms with van der Waals surface area (Å²) in [6, 6.07) is 13.5. The van der Waals surface area contributed by atoms with E-state index in [0.29, 0.717) is 29.2 Å². The smallest absolute Gasteiger partial charge is 0.337 e. The molecular weight excluding hydrogens is 294 g/mol. The molecule has 120 valence electrons. The van der Waals surface area contributed by atoms with Crippen molar-refractivity contribution in [2.45, 2.75) is 13.3 Å². The fourth-order valence-electron chi connectivity index (χ4n) is 1.96. The molecule has 2 aromatic carbocycles. The maximum atomic E-state index is 12.3. The molecule has 0 atom stereocenters. The van der Waals surface area contributed by atoms with Crippen molar-refractivity contribution >= 4 is 17.6 Å². The van der Waals surface area contributed by atoms with Gasteiger partial charge in [0.05, 0.1) is 19.3 Å².